The van der Waals surface area contributed by atoms with Crippen LogP contribution in [0.4, 0.5) is 0 Å². The number of hydrogen-bond acceptors (Lipinski definition) is 5. The molecule has 1 aliphatic rings. The zero-order chi connectivity index (χ0) is 34.8. The SMILES string of the molecule is CC1(C)c2ccccc2-c2nc(-c3cc(-c4ccccn4)cc(-c4ccccn4)c3)nc(-c3cccc(-c4cccc5c4oc4ccccc45)c3)c21. The molecule has 0 amide bonds. The average molecular weight is 669 g/mol. The molecule has 0 bridgehead atoms. The van der Waals surface area contributed by atoms with Crippen LogP contribution in [-0.4, -0.2) is 19.9 Å². The summed E-state index contributed by atoms with van der Waals surface area (Å²) >= 11 is 0. The number of para-hydroxylation sites is 2. The summed E-state index contributed by atoms with van der Waals surface area (Å²) in [6.45, 7) is 4.56. The quantitative estimate of drug-likeness (QED) is 0.183. The lowest BCUT2D eigenvalue weighted by molar-refractivity contribution is 0.658. The van der Waals surface area contributed by atoms with Gasteiger partial charge in [0, 0.05) is 67.5 Å². The van der Waals surface area contributed by atoms with Gasteiger partial charge >= 0.3 is 0 Å². The second-order valence-corrected chi connectivity index (χ2v) is 13.9. The summed E-state index contributed by atoms with van der Waals surface area (Å²) in [6.07, 6.45) is 3.65. The number of hydrogen-bond donors (Lipinski definition) is 0. The van der Waals surface area contributed by atoms with Crippen LogP contribution in [0.15, 0.2) is 162 Å². The van der Waals surface area contributed by atoms with Crippen LogP contribution in [0.25, 0.3) is 89.5 Å². The monoisotopic (exact) mass is 668 g/mol. The molecule has 0 unspecified atom stereocenters. The lowest BCUT2D eigenvalue weighted by atomic mass is 9.80. The third kappa shape index (κ3) is 4.78. The summed E-state index contributed by atoms with van der Waals surface area (Å²) in [6, 6.07) is 50.3. The average Bonchev–Trinajstić information content (AvgIpc) is 3.70. The van der Waals surface area contributed by atoms with E-state index < -0.39 is 0 Å². The summed E-state index contributed by atoms with van der Waals surface area (Å²) in [7, 11) is 0. The first-order valence-corrected chi connectivity index (χ1v) is 17.5. The van der Waals surface area contributed by atoms with Crippen LogP contribution in [0.3, 0.4) is 0 Å². The molecule has 0 atom stereocenters. The van der Waals surface area contributed by atoms with Gasteiger partial charge in [-0.05, 0) is 65.7 Å². The van der Waals surface area contributed by atoms with Gasteiger partial charge in [0.15, 0.2) is 5.82 Å². The molecule has 0 saturated heterocycles. The van der Waals surface area contributed by atoms with Crippen molar-refractivity contribution in [2.45, 2.75) is 19.3 Å². The van der Waals surface area contributed by atoms with Gasteiger partial charge in [0.1, 0.15) is 11.2 Å². The highest BCUT2D eigenvalue weighted by atomic mass is 16.3. The second kappa shape index (κ2) is 11.7. The van der Waals surface area contributed by atoms with E-state index in [1.54, 1.807) is 0 Å². The van der Waals surface area contributed by atoms with Crippen molar-refractivity contribution >= 4 is 21.9 Å². The van der Waals surface area contributed by atoms with E-state index in [-0.39, 0.29) is 5.41 Å². The normalized spacial score (nSPS) is 13.0. The van der Waals surface area contributed by atoms with Crippen molar-refractivity contribution in [1.82, 2.24) is 19.9 Å². The molecule has 0 saturated carbocycles. The standard InChI is InChI=1S/C47H32N4O/c1-47(2)38-19-5-3-16-37(38)44-42(47)43(30-14-11-13-29(25-30)34-17-12-18-36-35-15-4-6-22-41(35)52-45(34)36)50-46(51-44)33-27-31(39-20-7-9-23-48-39)26-32(28-33)40-21-8-10-24-49-40/h3-28H,1-2H3. The minimum absolute atomic E-state index is 0.316. The van der Waals surface area contributed by atoms with Crippen molar-refractivity contribution in [3.63, 3.8) is 0 Å². The lowest BCUT2D eigenvalue weighted by Crippen LogP contribution is -2.17. The molecule has 5 aromatic carbocycles. The smallest absolute Gasteiger partial charge is 0.160 e. The maximum atomic E-state index is 6.47. The van der Waals surface area contributed by atoms with Gasteiger partial charge in [-0.25, -0.2) is 9.97 Å². The van der Waals surface area contributed by atoms with E-state index >= 15 is 0 Å². The highest BCUT2D eigenvalue weighted by molar-refractivity contribution is 6.09. The molecule has 9 aromatic rings. The fraction of sp³-hybridized carbons (Fsp3) is 0.0638. The molecule has 5 nitrogen and oxygen atoms in total. The second-order valence-electron chi connectivity index (χ2n) is 13.9. The van der Waals surface area contributed by atoms with Crippen molar-refractivity contribution in [2.24, 2.45) is 0 Å². The predicted octanol–water partition coefficient (Wildman–Crippen LogP) is 11.8. The van der Waals surface area contributed by atoms with E-state index in [0.29, 0.717) is 5.82 Å². The van der Waals surface area contributed by atoms with E-state index in [0.717, 1.165) is 89.2 Å². The number of benzene rings is 5. The molecule has 0 spiro atoms. The van der Waals surface area contributed by atoms with E-state index in [2.05, 4.69) is 111 Å². The minimum Gasteiger partial charge on any atom is -0.455 e. The molecule has 5 heteroatoms. The third-order valence-electron chi connectivity index (χ3n) is 10.4. The molecule has 0 radical (unpaired) electrons. The molecule has 0 fully saturated rings. The highest BCUT2D eigenvalue weighted by Crippen LogP contribution is 2.52. The van der Waals surface area contributed by atoms with Crippen LogP contribution in [0.1, 0.15) is 25.0 Å². The fourth-order valence-electron chi connectivity index (χ4n) is 7.88. The lowest BCUT2D eigenvalue weighted by Gasteiger charge is -2.24. The maximum absolute atomic E-state index is 6.47. The minimum atomic E-state index is -0.316. The molecule has 4 aromatic heterocycles. The Balaban J connectivity index is 1.21. The van der Waals surface area contributed by atoms with Gasteiger partial charge in [0.05, 0.1) is 22.8 Å². The van der Waals surface area contributed by atoms with Crippen LogP contribution in [-0.2, 0) is 5.41 Å². The van der Waals surface area contributed by atoms with Crippen molar-refractivity contribution in [3.05, 3.63) is 169 Å². The fourth-order valence-corrected chi connectivity index (χ4v) is 7.88. The van der Waals surface area contributed by atoms with E-state index in [4.69, 9.17) is 24.4 Å². The van der Waals surface area contributed by atoms with Gasteiger partial charge in [0.2, 0.25) is 0 Å². The summed E-state index contributed by atoms with van der Waals surface area (Å²) in [4.78, 5) is 20.3. The first-order valence-electron chi connectivity index (χ1n) is 17.5. The number of furan rings is 1. The van der Waals surface area contributed by atoms with Gasteiger partial charge in [-0.2, -0.15) is 0 Å². The Labute approximate surface area is 301 Å². The van der Waals surface area contributed by atoms with Gasteiger partial charge in [-0.1, -0.05) is 105 Å². The Morgan fingerprint density at radius 1 is 0.481 bits per heavy atom. The molecule has 0 aliphatic heterocycles. The van der Waals surface area contributed by atoms with Crippen LogP contribution >= 0.6 is 0 Å². The summed E-state index contributed by atoms with van der Waals surface area (Å²) in [5.74, 6) is 0.654. The largest absolute Gasteiger partial charge is 0.455 e. The number of pyridine rings is 2. The van der Waals surface area contributed by atoms with Crippen LogP contribution in [0, 0.1) is 0 Å². The maximum Gasteiger partial charge on any atom is 0.160 e. The van der Waals surface area contributed by atoms with Crippen molar-refractivity contribution in [3.8, 4) is 67.5 Å². The summed E-state index contributed by atoms with van der Waals surface area (Å²) < 4.78 is 6.47. The predicted molar refractivity (Wildman–Crippen MR) is 210 cm³/mol. The molecule has 10 rings (SSSR count). The van der Waals surface area contributed by atoms with Gasteiger partial charge in [-0.3, -0.25) is 9.97 Å². The first kappa shape index (κ1) is 30.1. The van der Waals surface area contributed by atoms with Crippen LogP contribution < -0.4 is 0 Å². The number of rotatable bonds is 5. The van der Waals surface area contributed by atoms with Crippen LogP contribution in [0.2, 0.25) is 0 Å². The van der Waals surface area contributed by atoms with Gasteiger partial charge in [0.25, 0.3) is 0 Å². The van der Waals surface area contributed by atoms with Gasteiger partial charge in [-0.15, -0.1) is 0 Å². The Hall–Kier alpha value is -6.72. The van der Waals surface area contributed by atoms with Crippen LogP contribution in [0.5, 0.6) is 0 Å². The van der Waals surface area contributed by atoms with E-state index in [1.807, 2.05) is 60.9 Å². The first-order chi connectivity index (χ1) is 25.5. The molecule has 1 aliphatic carbocycles. The Morgan fingerprint density at radius 3 is 1.85 bits per heavy atom. The van der Waals surface area contributed by atoms with Crippen molar-refractivity contribution in [2.75, 3.05) is 0 Å². The van der Waals surface area contributed by atoms with E-state index in [9.17, 15) is 0 Å². The highest BCUT2D eigenvalue weighted by Gasteiger charge is 2.40. The zero-order valence-electron chi connectivity index (χ0n) is 28.7. The molecule has 52 heavy (non-hydrogen) atoms. The zero-order valence-corrected chi connectivity index (χ0v) is 28.7. The Kier molecular flexibility index (Phi) is 6.77. The number of fused-ring (bicyclic) bond motifs is 6. The number of aromatic nitrogens is 4. The van der Waals surface area contributed by atoms with Gasteiger partial charge < -0.3 is 4.42 Å². The summed E-state index contributed by atoms with van der Waals surface area (Å²) in [5, 5.41) is 2.23. The van der Waals surface area contributed by atoms with Crippen molar-refractivity contribution in [1.29, 1.82) is 0 Å². The molecular weight excluding hydrogens is 637 g/mol. The van der Waals surface area contributed by atoms with E-state index in [1.165, 1.54) is 5.56 Å². The third-order valence-corrected chi connectivity index (χ3v) is 10.4. The molecule has 0 N–H and O–H groups in total. The molecular formula is C47H32N4O. The Morgan fingerprint density at radius 2 is 1.08 bits per heavy atom. The molecule has 246 valence electrons. The topological polar surface area (TPSA) is 64.7 Å². The molecule has 4 heterocycles. The summed E-state index contributed by atoms with van der Waals surface area (Å²) in [5.41, 5.74) is 14.6. The Bertz CT molecular complexity index is 2760. The number of nitrogens with zero attached hydrogens (tertiary/aromatic N) is 4. The van der Waals surface area contributed by atoms with Crippen molar-refractivity contribution < 1.29 is 4.42 Å².